The van der Waals surface area contributed by atoms with Crippen molar-refractivity contribution in [3.05, 3.63) is 47.9 Å². The van der Waals surface area contributed by atoms with E-state index in [9.17, 15) is 9.90 Å². The van der Waals surface area contributed by atoms with Gasteiger partial charge in [-0.2, -0.15) is 0 Å². The SMILES string of the molecule is COc1cccc(C(=O)NC[C@H](O)c2ccoc2)c1OC. The second kappa shape index (κ2) is 6.81. The zero-order valence-electron chi connectivity index (χ0n) is 11.8. The maximum absolute atomic E-state index is 12.2. The summed E-state index contributed by atoms with van der Waals surface area (Å²) in [6.07, 6.45) is 2.07. The molecule has 0 radical (unpaired) electrons. The molecular formula is C15H17NO5. The first-order chi connectivity index (χ1) is 10.2. The fraction of sp³-hybridized carbons (Fsp3) is 0.267. The van der Waals surface area contributed by atoms with Crippen LogP contribution in [-0.4, -0.2) is 31.8 Å². The molecule has 6 heteroatoms. The fourth-order valence-electron chi connectivity index (χ4n) is 1.93. The summed E-state index contributed by atoms with van der Waals surface area (Å²) in [5, 5.41) is 12.5. The summed E-state index contributed by atoms with van der Waals surface area (Å²) in [5.74, 6) is 0.476. The van der Waals surface area contributed by atoms with Crippen molar-refractivity contribution in [1.29, 1.82) is 0 Å². The van der Waals surface area contributed by atoms with E-state index in [0.717, 1.165) is 0 Å². The number of methoxy groups -OCH3 is 2. The van der Waals surface area contributed by atoms with Crippen molar-refractivity contribution in [2.24, 2.45) is 0 Å². The fourth-order valence-corrected chi connectivity index (χ4v) is 1.93. The summed E-state index contributed by atoms with van der Waals surface area (Å²) in [7, 11) is 2.97. The molecule has 1 aromatic carbocycles. The predicted octanol–water partition coefficient (Wildman–Crippen LogP) is 1.76. The van der Waals surface area contributed by atoms with Gasteiger partial charge in [-0.3, -0.25) is 4.79 Å². The summed E-state index contributed by atoms with van der Waals surface area (Å²) in [6.45, 7) is 0.0682. The number of nitrogens with one attached hydrogen (secondary N) is 1. The van der Waals surface area contributed by atoms with Crippen LogP contribution in [-0.2, 0) is 0 Å². The highest BCUT2D eigenvalue weighted by molar-refractivity contribution is 5.97. The van der Waals surface area contributed by atoms with Crippen LogP contribution in [0.15, 0.2) is 41.2 Å². The number of rotatable bonds is 6. The highest BCUT2D eigenvalue weighted by Crippen LogP contribution is 2.30. The van der Waals surface area contributed by atoms with Gasteiger partial charge in [0.05, 0.1) is 38.4 Å². The molecule has 0 unspecified atom stereocenters. The number of furan rings is 1. The van der Waals surface area contributed by atoms with E-state index in [1.807, 2.05) is 0 Å². The monoisotopic (exact) mass is 291 g/mol. The molecule has 112 valence electrons. The molecule has 0 spiro atoms. The van der Waals surface area contributed by atoms with Crippen LogP contribution in [0.4, 0.5) is 0 Å². The third-order valence-electron chi connectivity index (χ3n) is 3.03. The van der Waals surface area contributed by atoms with Crippen molar-refractivity contribution in [2.75, 3.05) is 20.8 Å². The van der Waals surface area contributed by atoms with Crippen molar-refractivity contribution in [1.82, 2.24) is 5.32 Å². The summed E-state index contributed by atoms with van der Waals surface area (Å²) < 4.78 is 15.2. The molecule has 0 bridgehead atoms. The molecule has 2 N–H and O–H groups in total. The lowest BCUT2D eigenvalue weighted by Crippen LogP contribution is -2.28. The molecule has 21 heavy (non-hydrogen) atoms. The molecular weight excluding hydrogens is 274 g/mol. The molecule has 1 aromatic heterocycles. The van der Waals surface area contributed by atoms with Crippen LogP contribution in [0, 0.1) is 0 Å². The van der Waals surface area contributed by atoms with Gasteiger partial charge in [0, 0.05) is 12.1 Å². The summed E-state index contributed by atoms with van der Waals surface area (Å²) in [6, 6.07) is 6.67. The van der Waals surface area contributed by atoms with Crippen molar-refractivity contribution in [3.8, 4) is 11.5 Å². The maximum Gasteiger partial charge on any atom is 0.255 e. The zero-order valence-corrected chi connectivity index (χ0v) is 11.8. The molecule has 0 aliphatic heterocycles. The summed E-state index contributed by atoms with van der Waals surface area (Å²) >= 11 is 0. The molecule has 2 rings (SSSR count). The molecule has 0 fully saturated rings. The van der Waals surface area contributed by atoms with E-state index < -0.39 is 6.10 Å². The van der Waals surface area contributed by atoms with Gasteiger partial charge in [0.2, 0.25) is 0 Å². The minimum Gasteiger partial charge on any atom is -0.493 e. The van der Waals surface area contributed by atoms with Crippen molar-refractivity contribution in [3.63, 3.8) is 0 Å². The van der Waals surface area contributed by atoms with Crippen LogP contribution in [0.5, 0.6) is 11.5 Å². The van der Waals surface area contributed by atoms with Crippen LogP contribution in [0.25, 0.3) is 0 Å². The smallest absolute Gasteiger partial charge is 0.255 e. The topological polar surface area (TPSA) is 80.9 Å². The first-order valence-corrected chi connectivity index (χ1v) is 6.36. The quantitative estimate of drug-likeness (QED) is 0.847. The molecule has 0 aliphatic rings. The number of benzene rings is 1. The molecule has 0 saturated heterocycles. The van der Waals surface area contributed by atoms with E-state index in [-0.39, 0.29) is 12.5 Å². The third kappa shape index (κ3) is 3.35. The second-order valence-electron chi connectivity index (χ2n) is 4.32. The largest absolute Gasteiger partial charge is 0.493 e. The van der Waals surface area contributed by atoms with Crippen LogP contribution >= 0.6 is 0 Å². The van der Waals surface area contributed by atoms with Crippen molar-refractivity contribution >= 4 is 5.91 Å². The van der Waals surface area contributed by atoms with Gasteiger partial charge in [-0.25, -0.2) is 0 Å². The number of para-hydroxylation sites is 1. The lowest BCUT2D eigenvalue weighted by Gasteiger charge is -2.14. The third-order valence-corrected chi connectivity index (χ3v) is 3.03. The van der Waals surface area contributed by atoms with Gasteiger partial charge in [0.1, 0.15) is 0 Å². The normalized spacial score (nSPS) is 11.8. The van der Waals surface area contributed by atoms with E-state index >= 15 is 0 Å². The lowest BCUT2D eigenvalue weighted by atomic mass is 10.1. The van der Waals surface area contributed by atoms with Crippen LogP contribution < -0.4 is 14.8 Å². The van der Waals surface area contributed by atoms with Crippen molar-refractivity contribution < 1.29 is 23.8 Å². The Morgan fingerprint density at radius 2 is 2.14 bits per heavy atom. The van der Waals surface area contributed by atoms with E-state index in [2.05, 4.69) is 5.32 Å². The molecule has 1 atom stereocenters. The maximum atomic E-state index is 12.2. The van der Waals surface area contributed by atoms with Crippen LogP contribution in [0.3, 0.4) is 0 Å². The second-order valence-corrected chi connectivity index (χ2v) is 4.32. The standard InChI is InChI=1S/C15H17NO5/c1-19-13-5-3-4-11(14(13)20-2)15(18)16-8-12(17)10-6-7-21-9-10/h3-7,9,12,17H,8H2,1-2H3,(H,16,18)/t12-/m0/s1. The molecule has 1 amide bonds. The average Bonchev–Trinajstić information content (AvgIpc) is 3.05. The zero-order chi connectivity index (χ0) is 15.2. The van der Waals surface area contributed by atoms with E-state index in [0.29, 0.717) is 22.6 Å². The van der Waals surface area contributed by atoms with Crippen LogP contribution in [0.2, 0.25) is 0 Å². The van der Waals surface area contributed by atoms with E-state index in [1.54, 1.807) is 24.3 Å². The highest BCUT2D eigenvalue weighted by atomic mass is 16.5. The Bertz CT molecular complexity index is 594. The first kappa shape index (κ1) is 14.9. The Balaban J connectivity index is 2.07. The minimum atomic E-state index is -0.829. The number of hydrogen-bond donors (Lipinski definition) is 2. The highest BCUT2D eigenvalue weighted by Gasteiger charge is 2.17. The number of carbonyl (C=O) groups excluding carboxylic acids is 1. The number of aliphatic hydroxyl groups is 1. The lowest BCUT2D eigenvalue weighted by molar-refractivity contribution is 0.0912. The first-order valence-electron chi connectivity index (χ1n) is 6.36. The van der Waals surface area contributed by atoms with Gasteiger partial charge in [-0.15, -0.1) is 0 Å². The predicted molar refractivity (Wildman–Crippen MR) is 75.5 cm³/mol. The van der Waals surface area contributed by atoms with Gasteiger partial charge >= 0.3 is 0 Å². The van der Waals surface area contributed by atoms with E-state index in [4.69, 9.17) is 13.9 Å². The Hall–Kier alpha value is -2.47. The van der Waals surface area contributed by atoms with E-state index in [1.165, 1.54) is 26.7 Å². The molecule has 0 saturated carbocycles. The number of carbonyl (C=O) groups is 1. The molecule has 2 aromatic rings. The Morgan fingerprint density at radius 3 is 2.76 bits per heavy atom. The number of hydrogen-bond acceptors (Lipinski definition) is 5. The van der Waals surface area contributed by atoms with Gasteiger partial charge in [-0.05, 0) is 18.2 Å². The van der Waals surface area contributed by atoms with Gasteiger partial charge in [0.25, 0.3) is 5.91 Å². The molecule has 6 nitrogen and oxygen atoms in total. The Kier molecular flexibility index (Phi) is 4.84. The molecule has 0 aliphatic carbocycles. The Labute approximate surface area is 122 Å². The minimum absolute atomic E-state index is 0.0682. The number of aliphatic hydroxyl groups excluding tert-OH is 1. The van der Waals surface area contributed by atoms with Gasteiger partial charge < -0.3 is 24.3 Å². The number of amides is 1. The summed E-state index contributed by atoms with van der Waals surface area (Å²) in [5.41, 5.74) is 0.948. The van der Waals surface area contributed by atoms with Gasteiger partial charge in [0.15, 0.2) is 11.5 Å². The Morgan fingerprint density at radius 1 is 1.33 bits per heavy atom. The average molecular weight is 291 g/mol. The van der Waals surface area contributed by atoms with Crippen LogP contribution in [0.1, 0.15) is 22.0 Å². The number of ether oxygens (including phenoxy) is 2. The summed E-state index contributed by atoms with van der Waals surface area (Å²) in [4.78, 5) is 12.2. The molecule has 1 heterocycles. The van der Waals surface area contributed by atoms with Gasteiger partial charge in [-0.1, -0.05) is 6.07 Å². The van der Waals surface area contributed by atoms with Crippen molar-refractivity contribution in [2.45, 2.75) is 6.10 Å².